The molecule has 0 bridgehead atoms. The number of benzene rings is 2. The van der Waals surface area contributed by atoms with Crippen molar-refractivity contribution in [3.05, 3.63) is 52.5 Å². The Kier molecular flexibility index (Phi) is 7.85. The van der Waals surface area contributed by atoms with E-state index >= 15 is 0 Å². The molecule has 0 aliphatic heterocycles. The lowest BCUT2D eigenvalue weighted by molar-refractivity contribution is -0.114. The maximum absolute atomic E-state index is 12.1. The zero-order chi connectivity index (χ0) is 18.1. The second kappa shape index (κ2) is 10.1. The average Bonchev–Trinajstić information content (AvgIpc) is 2.60. The maximum Gasteiger partial charge on any atom is 0.243 e. The average molecular weight is 383 g/mol. The Balaban J connectivity index is 1.84. The Morgan fingerprint density at radius 3 is 2.76 bits per heavy atom. The van der Waals surface area contributed by atoms with Gasteiger partial charge in [0.15, 0.2) is 0 Å². The van der Waals surface area contributed by atoms with Gasteiger partial charge in [-0.15, -0.1) is 0 Å². The van der Waals surface area contributed by atoms with Gasteiger partial charge in [0.1, 0.15) is 12.4 Å². The minimum Gasteiger partial charge on any atom is -0.491 e. The number of rotatable bonds is 9. The largest absolute Gasteiger partial charge is 0.491 e. The van der Waals surface area contributed by atoms with E-state index in [9.17, 15) is 4.79 Å². The summed E-state index contributed by atoms with van der Waals surface area (Å²) >= 11 is 11.9. The van der Waals surface area contributed by atoms with E-state index in [-0.39, 0.29) is 12.5 Å². The Hall–Kier alpha value is -1.95. The fourth-order valence-corrected chi connectivity index (χ4v) is 2.37. The van der Waals surface area contributed by atoms with Gasteiger partial charge in [-0.05, 0) is 37.3 Å². The molecule has 0 radical (unpaired) electrons. The second-order valence-corrected chi connectivity index (χ2v) is 5.94. The molecule has 0 aliphatic carbocycles. The molecule has 2 aromatic carbocycles. The Morgan fingerprint density at radius 1 is 1.12 bits per heavy atom. The van der Waals surface area contributed by atoms with Crippen LogP contribution in [-0.4, -0.2) is 32.3 Å². The molecular weight excluding hydrogens is 363 g/mol. The molecule has 0 saturated carbocycles. The molecular formula is C18H20Cl2N2O3. The standard InChI is InChI=1S/C18H20Cl2N2O3/c1-2-24-8-9-25-15-5-3-4-14(11-15)21-12-18(23)22-17-10-13(19)6-7-16(17)20/h3-7,10-11,21H,2,8-9,12H2,1H3,(H,22,23). The van der Waals surface area contributed by atoms with Gasteiger partial charge in [-0.25, -0.2) is 0 Å². The summed E-state index contributed by atoms with van der Waals surface area (Å²) in [5.41, 5.74) is 1.26. The third kappa shape index (κ3) is 6.82. The molecule has 2 N–H and O–H groups in total. The van der Waals surface area contributed by atoms with Crippen molar-refractivity contribution in [2.24, 2.45) is 0 Å². The second-order valence-electron chi connectivity index (χ2n) is 5.10. The van der Waals surface area contributed by atoms with Crippen LogP contribution in [0.25, 0.3) is 0 Å². The molecule has 2 aromatic rings. The van der Waals surface area contributed by atoms with Crippen LogP contribution in [0, 0.1) is 0 Å². The first-order valence-corrected chi connectivity index (χ1v) is 8.63. The van der Waals surface area contributed by atoms with Gasteiger partial charge in [0, 0.05) is 23.4 Å². The summed E-state index contributed by atoms with van der Waals surface area (Å²) in [5, 5.41) is 6.70. The van der Waals surface area contributed by atoms with Gasteiger partial charge in [-0.3, -0.25) is 4.79 Å². The lowest BCUT2D eigenvalue weighted by atomic mass is 10.3. The molecule has 0 fully saturated rings. The number of hydrogen-bond donors (Lipinski definition) is 2. The predicted octanol–water partition coefficient (Wildman–Crippen LogP) is 4.46. The number of amides is 1. The fourth-order valence-electron chi connectivity index (χ4n) is 2.03. The first-order valence-electron chi connectivity index (χ1n) is 7.88. The highest BCUT2D eigenvalue weighted by molar-refractivity contribution is 6.35. The van der Waals surface area contributed by atoms with E-state index in [1.807, 2.05) is 31.2 Å². The van der Waals surface area contributed by atoms with Gasteiger partial charge in [0.05, 0.1) is 23.9 Å². The maximum atomic E-state index is 12.1. The summed E-state index contributed by atoms with van der Waals surface area (Å²) in [5.74, 6) is 0.481. The molecule has 0 spiro atoms. The van der Waals surface area contributed by atoms with E-state index in [1.165, 1.54) is 0 Å². The fraction of sp³-hybridized carbons (Fsp3) is 0.278. The Labute approximate surface area is 157 Å². The Morgan fingerprint density at radius 2 is 1.96 bits per heavy atom. The first kappa shape index (κ1) is 19.4. The van der Waals surface area contributed by atoms with Crippen LogP contribution in [0.2, 0.25) is 10.0 Å². The van der Waals surface area contributed by atoms with Crippen LogP contribution >= 0.6 is 23.2 Å². The summed E-state index contributed by atoms with van der Waals surface area (Å²) in [7, 11) is 0. The highest BCUT2D eigenvalue weighted by Gasteiger charge is 2.07. The van der Waals surface area contributed by atoms with Crippen LogP contribution < -0.4 is 15.4 Å². The van der Waals surface area contributed by atoms with Crippen molar-refractivity contribution >= 4 is 40.5 Å². The number of carbonyl (C=O) groups excluding carboxylic acids is 1. The lowest BCUT2D eigenvalue weighted by Gasteiger charge is -2.11. The third-order valence-corrected chi connectivity index (χ3v) is 3.75. The van der Waals surface area contributed by atoms with Crippen molar-refractivity contribution in [3.63, 3.8) is 0 Å². The molecule has 7 heteroatoms. The molecule has 5 nitrogen and oxygen atoms in total. The SMILES string of the molecule is CCOCCOc1cccc(NCC(=O)Nc2cc(Cl)ccc2Cl)c1. The number of ether oxygens (including phenoxy) is 2. The van der Waals surface area contributed by atoms with E-state index in [0.717, 1.165) is 5.69 Å². The number of anilines is 2. The zero-order valence-electron chi connectivity index (χ0n) is 13.9. The van der Waals surface area contributed by atoms with Crippen molar-refractivity contribution in [2.45, 2.75) is 6.92 Å². The normalized spacial score (nSPS) is 10.4. The van der Waals surface area contributed by atoms with E-state index in [2.05, 4.69) is 10.6 Å². The molecule has 1 amide bonds. The van der Waals surface area contributed by atoms with Crippen molar-refractivity contribution in [2.75, 3.05) is 37.0 Å². The summed E-state index contributed by atoms with van der Waals surface area (Å²) < 4.78 is 10.8. The lowest BCUT2D eigenvalue weighted by Crippen LogP contribution is -2.21. The molecule has 2 rings (SSSR count). The van der Waals surface area contributed by atoms with Crippen LogP contribution in [0.1, 0.15) is 6.92 Å². The first-order chi connectivity index (χ1) is 12.1. The Bertz CT molecular complexity index is 710. The van der Waals surface area contributed by atoms with Gasteiger partial charge < -0.3 is 20.1 Å². The minimum atomic E-state index is -0.230. The topological polar surface area (TPSA) is 59.6 Å². The smallest absolute Gasteiger partial charge is 0.243 e. The highest BCUT2D eigenvalue weighted by Crippen LogP contribution is 2.25. The van der Waals surface area contributed by atoms with Crippen molar-refractivity contribution in [3.8, 4) is 5.75 Å². The molecule has 0 heterocycles. The van der Waals surface area contributed by atoms with Gasteiger partial charge in [-0.2, -0.15) is 0 Å². The van der Waals surface area contributed by atoms with E-state index in [4.69, 9.17) is 32.7 Å². The summed E-state index contributed by atoms with van der Waals surface area (Å²) in [6, 6.07) is 12.3. The molecule has 0 atom stereocenters. The van der Waals surface area contributed by atoms with Crippen LogP contribution in [0.4, 0.5) is 11.4 Å². The monoisotopic (exact) mass is 382 g/mol. The van der Waals surface area contributed by atoms with E-state index in [1.54, 1.807) is 18.2 Å². The molecule has 0 saturated heterocycles. The van der Waals surface area contributed by atoms with Crippen LogP contribution in [0.15, 0.2) is 42.5 Å². The third-order valence-electron chi connectivity index (χ3n) is 3.19. The quantitative estimate of drug-likeness (QED) is 0.628. The molecule has 25 heavy (non-hydrogen) atoms. The number of hydrogen-bond acceptors (Lipinski definition) is 4. The number of carbonyl (C=O) groups is 1. The van der Waals surface area contributed by atoms with Crippen molar-refractivity contribution < 1.29 is 14.3 Å². The number of nitrogens with one attached hydrogen (secondary N) is 2. The van der Waals surface area contributed by atoms with E-state index in [0.29, 0.717) is 41.3 Å². The minimum absolute atomic E-state index is 0.0885. The van der Waals surface area contributed by atoms with Gasteiger partial charge >= 0.3 is 0 Å². The summed E-state index contributed by atoms with van der Waals surface area (Å²) in [6.45, 7) is 3.70. The van der Waals surface area contributed by atoms with E-state index < -0.39 is 0 Å². The van der Waals surface area contributed by atoms with Crippen LogP contribution in [0.5, 0.6) is 5.75 Å². The summed E-state index contributed by atoms with van der Waals surface area (Å²) in [6.07, 6.45) is 0. The van der Waals surface area contributed by atoms with Crippen molar-refractivity contribution in [1.82, 2.24) is 0 Å². The van der Waals surface area contributed by atoms with Gasteiger partial charge in [0.2, 0.25) is 5.91 Å². The molecule has 0 unspecified atom stereocenters. The van der Waals surface area contributed by atoms with Gasteiger partial charge in [-0.1, -0.05) is 29.3 Å². The van der Waals surface area contributed by atoms with Crippen LogP contribution in [-0.2, 0) is 9.53 Å². The molecule has 134 valence electrons. The van der Waals surface area contributed by atoms with Crippen LogP contribution in [0.3, 0.4) is 0 Å². The number of halogens is 2. The summed E-state index contributed by atoms with van der Waals surface area (Å²) in [4.78, 5) is 12.1. The van der Waals surface area contributed by atoms with Gasteiger partial charge in [0.25, 0.3) is 0 Å². The van der Waals surface area contributed by atoms with Crippen molar-refractivity contribution in [1.29, 1.82) is 0 Å². The zero-order valence-corrected chi connectivity index (χ0v) is 15.4. The predicted molar refractivity (Wildman–Crippen MR) is 102 cm³/mol. The molecule has 0 aromatic heterocycles. The highest BCUT2D eigenvalue weighted by atomic mass is 35.5. The molecule has 0 aliphatic rings.